The Labute approximate surface area is 119 Å². The first-order valence-corrected chi connectivity index (χ1v) is 7.87. The van der Waals surface area contributed by atoms with Gasteiger partial charge in [-0.25, -0.2) is 0 Å². The van der Waals surface area contributed by atoms with E-state index in [2.05, 4.69) is 18.4 Å². The SMILES string of the molecule is C[C@H]1c2ccsc2CCN1C(=O)c1ccc(Cl)s1. The van der Waals surface area contributed by atoms with Crippen LogP contribution in [0.15, 0.2) is 23.6 Å². The molecule has 3 rings (SSSR count). The molecule has 5 heteroatoms. The van der Waals surface area contributed by atoms with Crippen LogP contribution in [0, 0.1) is 0 Å². The minimum absolute atomic E-state index is 0.0938. The zero-order valence-electron chi connectivity index (χ0n) is 9.85. The van der Waals surface area contributed by atoms with Gasteiger partial charge >= 0.3 is 0 Å². The standard InChI is InChI=1S/C13H12ClNOS2/c1-8-9-5-7-17-10(9)4-6-15(8)13(16)11-2-3-12(14)18-11/h2-3,5,7-8H,4,6H2,1H3/t8-/m0/s1. The highest BCUT2D eigenvalue weighted by atomic mass is 35.5. The molecule has 0 spiro atoms. The first kappa shape index (κ1) is 12.2. The number of hydrogen-bond acceptors (Lipinski definition) is 3. The lowest BCUT2D eigenvalue weighted by Gasteiger charge is -2.33. The van der Waals surface area contributed by atoms with Gasteiger partial charge in [-0.2, -0.15) is 0 Å². The molecule has 18 heavy (non-hydrogen) atoms. The Bertz CT molecular complexity index is 589. The fourth-order valence-corrected chi connectivity index (χ4v) is 4.32. The van der Waals surface area contributed by atoms with Crippen LogP contribution < -0.4 is 0 Å². The smallest absolute Gasteiger partial charge is 0.264 e. The minimum Gasteiger partial charge on any atom is -0.331 e. The summed E-state index contributed by atoms with van der Waals surface area (Å²) in [5, 5.41) is 2.11. The summed E-state index contributed by atoms with van der Waals surface area (Å²) in [5.74, 6) is 0.0938. The third kappa shape index (κ3) is 1.98. The normalized spacial score (nSPS) is 18.8. The maximum Gasteiger partial charge on any atom is 0.264 e. The van der Waals surface area contributed by atoms with Gasteiger partial charge in [-0.15, -0.1) is 22.7 Å². The second-order valence-corrected chi connectivity index (χ2v) is 7.04. The number of halogens is 1. The van der Waals surface area contributed by atoms with Gasteiger partial charge in [0.2, 0.25) is 0 Å². The van der Waals surface area contributed by atoms with E-state index in [9.17, 15) is 4.79 Å². The van der Waals surface area contributed by atoms with Crippen LogP contribution in [0.4, 0.5) is 0 Å². The van der Waals surface area contributed by atoms with Crippen LogP contribution in [0.3, 0.4) is 0 Å². The molecule has 0 fully saturated rings. The van der Waals surface area contributed by atoms with Crippen molar-refractivity contribution in [2.45, 2.75) is 19.4 Å². The van der Waals surface area contributed by atoms with Gasteiger partial charge in [0.15, 0.2) is 0 Å². The van der Waals surface area contributed by atoms with Crippen molar-refractivity contribution in [2.24, 2.45) is 0 Å². The monoisotopic (exact) mass is 297 g/mol. The van der Waals surface area contributed by atoms with Crippen molar-refractivity contribution in [3.05, 3.63) is 43.2 Å². The Balaban J connectivity index is 1.88. The lowest BCUT2D eigenvalue weighted by Crippen LogP contribution is -2.37. The maximum atomic E-state index is 12.4. The van der Waals surface area contributed by atoms with Gasteiger partial charge in [-0.05, 0) is 42.5 Å². The molecular weight excluding hydrogens is 286 g/mol. The summed E-state index contributed by atoms with van der Waals surface area (Å²) in [6, 6.07) is 5.88. The predicted octanol–water partition coefficient (Wildman–Crippen LogP) is 4.22. The summed E-state index contributed by atoms with van der Waals surface area (Å²) in [7, 11) is 0. The van der Waals surface area contributed by atoms with Gasteiger partial charge < -0.3 is 4.90 Å². The van der Waals surface area contributed by atoms with Crippen molar-refractivity contribution in [3.8, 4) is 0 Å². The van der Waals surface area contributed by atoms with Gasteiger partial charge in [0.1, 0.15) is 0 Å². The van der Waals surface area contributed by atoms with Crippen molar-refractivity contribution in [1.82, 2.24) is 4.90 Å². The lowest BCUT2D eigenvalue weighted by atomic mass is 10.0. The highest BCUT2D eigenvalue weighted by Crippen LogP contribution is 2.34. The molecule has 1 aliphatic heterocycles. The highest BCUT2D eigenvalue weighted by Gasteiger charge is 2.29. The first-order valence-electron chi connectivity index (χ1n) is 5.79. The zero-order valence-corrected chi connectivity index (χ0v) is 12.2. The Morgan fingerprint density at radius 1 is 1.44 bits per heavy atom. The topological polar surface area (TPSA) is 20.3 Å². The summed E-state index contributed by atoms with van der Waals surface area (Å²) in [5.41, 5.74) is 1.29. The highest BCUT2D eigenvalue weighted by molar-refractivity contribution is 7.18. The molecular formula is C13H12ClNOS2. The van der Waals surface area contributed by atoms with Crippen LogP contribution in [0.1, 0.15) is 33.1 Å². The summed E-state index contributed by atoms with van der Waals surface area (Å²) in [6.07, 6.45) is 0.961. The number of carbonyl (C=O) groups is 1. The van der Waals surface area contributed by atoms with Crippen LogP contribution in [0.2, 0.25) is 4.34 Å². The van der Waals surface area contributed by atoms with Gasteiger partial charge in [-0.3, -0.25) is 4.79 Å². The number of hydrogen-bond donors (Lipinski definition) is 0. The molecule has 0 saturated heterocycles. The molecule has 0 unspecified atom stereocenters. The fourth-order valence-electron chi connectivity index (χ4n) is 2.36. The molecule has 2 aromatic heterocycles. The minimum atomic E-state index is 0.0938. The fraction of sp³-hybridized carbons (Fsp3) is 0.308. The van der Waals surface area contributed by atoms with Crippen LogP contribution in [0.25, 0.3) is 0 Å². The van der Waals surface area contributed by atoms with Crippen molar-refractivity contribution < 1.29 is 4.79 Å². The van der Waals surface area contributed by atoms with Crippen LogP contribution in [-0.2, 0) is 6.42 Å². The van der Waals surface area contributed by atoms with Gasteiger partial charge in [0.25, 0.3) is 5.91 Å². The Morgan fingerprint density at radius 2 is 2.28 bits per heavy atom. The van der Waals surface area contributed by atoms with Crippen LogP contribution >= 0.6 is 34.3 Å². The number of amides is 1. The summed E-state index contributed by atoms with van der Waals surface area (Å²) in [6.45, 7) is 2.89. The number of thiophene rings is 2. The van der Waals surface area contributed by atoms with Crippen LogP contribution in [-0.4, -0.2) is 17.4 Å². The molecule has 0 N–H and O–H groups in total. The summed E-state index contributed by atoms with van der Waals surface area (Å²) < 4.78 is 0.666. The van der Waals surface area contributed by atoms with E-state index in [4.69, 9.17) is 11.6 Å². The van der Waals surface area contributed by atoms with Gasteiger partial charge in [-0.1, -0.05) is 11.6 Å². The molecule has 0 bridgehead atoms. The third-order valence-corrected chi connectivity index (χ3v) is 5.54. The third-order valence-electron chi connectivity index (χ3n) is 3.32. The van der Waals surface area contributed by atoms with E-state index in [1.807, 2.05) is 11.0 Å². The molecule has 3 heterocycles. The number of nitrogens with zero attached hydrogens (tertiary/aromatic N) is 1. The lowest BCUT2D eigenvalue weighted by molar-refractivity contribution is 0.0684. The van der Waals surface area contributed by atoms with E-state index >= 15 is 0 Å². The Kier molecular flexibility index (Phi) is 3.18. The van der Waals surface area contributed by atoms with E-state index in [1.165, 1.54) is 21.8 Å². The molecule has 2 nitrogen and oxygen atoms in total. The average molecular weight is 298 g/mol. The Morgan fingerprint density at radius 3 is 3.00 bits per heavy atom. The van der Waals surface area contributed by atoms with Crippen molar-refractivity contribution in [1.29, 1.82) is 0 Å². The van der Waals surface area contributed by atoms with Gasteiger partial charge in [0, 0.05) is 11.4 Å². The molecule has 1 atom stereocenters. The maximum absolute atomic E-state index is 12.4. The first-order chi connectivity index (χ1) is 8.66. The summed E-state index contributed by atoms with van der Waals surface area (Å²) >= 11 is 9.03. The number of fused-ring (bicyclic) bond motifs is 1. The largest absolute Gasteiger partial charge is 0.331 e. The van der Waals surface area contributed by atoms with Crippen molar-refractivity contribution in [3.63, 3.8) is 0 Å². The summed E-state index contributed by atoms with van der Waals surface area (Å²) in [4.78, 5) is 16.5. The van der Waals surface area contributed by atoms with E-state index in [0.717, 1.165) is 17.8 Å². The van der Waals surface area contributed by atoms with Gasteiger partial charge in [0.05, 0.1) is 15.3 Å². The quantitative estimate of drug-likeness (QED) is 0.771. The average Bonchev–Trinajstić information content (AvgIpc) is 2.97. The van der Waals surface area contributed by atoms with Crippen LogP contribution in [0.5, 0.6) is 0 Å². The zero-order chi connectivity index (χ0) is 12.7. The molecule has 1 aliphatic rings. The molecule has 0 radical (unpaired) electrons. The number of carbonyl (C=O) groups excluding carboxylic acids is 1. The van der Waals surface area contributed by atoms with E-state index in [-0.39, 0.29) is 11.9 Å². The molecule has 0 aromatic carbocycles. The molecule has 94 valence electrons. The number of rotatable bonds is 1. The second-order valence-electron chi connectivity index (χ2n) is 4.33. The van der Waals surface area contributed by atoms with Crippen molar-refractivity contribution in [2.75, 3.05) is 6.54 Å². The second kappa shape index (κ2) is 4.68. The predicted molar refractivity (Wildman–Crippen MR) is 76.8 cm³/mol. The molecule has 0 saturated carbocycles. The van der Waals surface area contributed by atoms with E-state index < -0.39 is 0 Å². The molecule has 1 amide bonds. The van der Waals surface area contributed by atoms with E-state index in [0.29, 0.717) is 4.34 Å². The molecule has 2 aromatic rings. The molecule has 0 aliphatic carbocycles. The van der Waals surface area contributed by atoms with E-state index in [1.54, 1.807) is 17.4 Å². The Hall–Kier alpha value is -0.840. The van der Waals surface area contributed by atoms with Crippen molar-refractivity contribution >= 4 is 40.2 Å².